The van der Waals surface area contributed by atoms with Crippen molar-refractivity contribution in [3.8, 4) is 0 Å². The summed E-state index contributed by atoms with van der Waals surface area (Å²) >= 11 is 0. The number of benzene rings is 4. The fourth-order valence-electron chi connectivity index (χ4n) is 8.28. The third kappa shape index (κ3) is 7.10. The van der Waals surface area contributed by atoms with Crippen LogP contribution in [0, 0.1) is 10.4 Å². The summed E-state index contributed by atoms with van der Waals surface area (Å²) in [7, 11) is -2.93. The SMILES string of the molecule is CC[Si](CC)(CC)c1ccc(C(c2ccc([Si](CC)(CC)CC)cc2)=c2ccc3c(c2C2=CC=CC2)[C-]=c2ccccc2=3)cc1.[Cl-].[Cl-].[Hf]. The van der Waals surface area contributed by atoms with Gasteiger partial charge in [-0.15, -0.1) is 33.4 Å². The third-order valence-corrected chi connectivity index (χ3v) is 22.9. The van der Waals surface area contributed by atoms with Crippen LogP contribution in [0.3, 0.4) is 0 Å². The van der Waals surface area contributed by atoms with E-state index in [1.807, 2.05) is 0 Å². The predicted molar refractivity (Wildman–Crippen MR) is 202 cm³/mol. The molecule has 0 atom stereocenters. The van der Waals surface area contributed by atoms with E-state index in [1.165, 1.54) is 90.5 Å². The van der Waals surface area contributed by atoms with Crippen LogP contribution < -0.4 is 45.6 Å². The maximum Gasteiger partial charge on any atom is 0.0859 e. The van der Waals surface area contributed by atoms with Crippen molar-refractivity contribution in [3.05, 3.63) is 146 Å². The van der Waals surface area contributed by atoms with Crippen molar-refractivity contribution in [2.24, 2.45) is 0 Å². The van der Waals surface area contributed by atoms with E-state index in [-0.39, 0.29) is 50.7 Å². The first-order valence-electron chi connectivity index (χ1n) is 17.5. The van der Waals surface area contributed by atoms with Crippen molar-refractivity contribution in [2.45, 2.75) is 84.2 Å². The fourth-order valence-corrected chi connectivity index (χ4v) is 15.5. The first-order chi connectivity index (χ1) is 22.0. The van der Waals surface area contributed by atoms with E-state index >= 15 is 0 Å². The third-order valence-electron chi connectivity index (χ3n) is 11.7. The maximum absolute atomic E-state index is 3.85. The Balaban J connectivity index is 0.00000208. The second-order valence-electron chi connectivity index (χ2n) is 13.1. The van der Waals surface area contributed by atoms with Gasteiger partial charge in [-0.3, -0.25) is 0 Å². The van der Waals surface area contributed by atoms with Crippen molar-refractivity contribution in [2.75, 3.05) is 0 Å². The van der Waals surface area contributed by atoms with Gasteiger partial charge in [0.15, 0.2) is 0 Å². The molecule has 2 aliphatic rings. The first-order valence-corrected chi connectivity index (χ1v) is 22.7. The molecule has 0 spiro atoms. The zero-order chi connectivity index (χ0) is 31.6. The molecule has 250 valence electrons. The average Bonchev–Trinajstić information content (AvgIpc) is 3.77. The van der Waals surface area contributed by atoms with Crippen LogP contribution in [-0.2, 0) is 25.8 Å². The standard InChI is InChI=1S/C43H49Si2.2ClH.Hf/c1-7-44(8-2,9-3)36-25-21-33(22-26-36)42(34-23-27-37(28-24-34)45(10-4,11-5)12-6)40-30-29-39-38-20-16-15-19-35(38)31-41(39)43(40)32-17-13-14-18-32;;;/h13-17,19-30H,7-12,18H2,1-6H3;2*1H;/q-1;;;/p-2. The normalized spacial score (nSPS) is 12.9. The van der Waals surface area contributed by atoms with Gasteiger partial charge >= 0.3 is 0 Å². The molecule has 0 amide bonds. The number of halogens is 2. The molecule has 0 saturated carbocycles. The summed E-state index contributed by atoms with van der Waals surface area (Å²) in [5.41, 5.74) is 7.94. The summed E-state index contributed by atoms with van der Waals surface area (Å²) in [4.78, 5) is 0. The molecule has 4 aromatic carbocycles. The van der Waals surface area contributed by atoms with Crippen LogP contribution in [0.1, 0.15) is 70.2 Å². The molecule has 6 rings (SSSR count). The molecular formula is C43H49Cl2HfSi2-3. The molecule has 0 aromatic heterocycles. The Labute approximate surface area is 322 Å². The van der Waals surface area contributed by atoms with Crippen molar-refractivity contribution < 1.29 is 50.7 Å². The van der Waals surface area contributed by atoms with Gasteiger partial charge in [-0.05, 0) is 28.3 Å². The average molecular weight is 871 g/mol. The Morgan fingerprint density at radius 3 is 1.56 bits per heavy atom. The molecule has 0 unspecified atom stereocenters. The molecule has 0 N–H and O–H groups in total. The van der Waals surface area contributed by atoms with Gasteiger partial charge in [-0.2, -0.15) is 0 Å². The minimum atomic E-state index is -1.47. The van der Waals surface area contributed by atoms with Gasteiger partial charge in [0.25, 0.3) is 0 Å². The number of hydrogen-bond donors (Lipinski definition) is 0. The maximum atomic E-state index is 3.85. The fraction of sp³-hybridized carbons (Fsp3) is 0.302. The Bertz CT molecular complexity index is 1900. The molecule has 4 aromatic rings. The first kappa shape index (κ1) is 40.4. The van der Waals surface area contributed by atoms with Crippen molar-refractivity contribution >= 4 is 43.7 Å². The monoisotopic (exact) mass is 871 g/mol. The summed E-state index contributed by atoms with van der Waals surface area (Å²) in [6, 6.07) is 41.0. The smallest absolute Gasteiger partial charge is 0.0859 e. The van der Waals surface area contributed by atoms with E-state index in [2.05, 4.69) is 151 Å². The molecule has 48 heavy (non-hydrogen) atoms. The minimum absolute atomic E-state index is 0. The number of fused-ring (bicyclic) bond motifs is 2. The molecule has 0 fully saturated rings. The van der Waals surface area contributed by atoms with E-state index in [4.69, 9.17) is 0 Å². The summed E-state index contributed by atoms with van der Waals surface area (Å²) in [5.74, 6) is 0. The van der Waals surface area contributed by atoms with Crippen molar-refractivity contribution in [1.29, 1.82) is 0 Å². The topological polar surface area (TPSA) is 0 Å². The van der Waals surface area contributed by atoms with E-state index in [1.54, 1.807) is 10.4 Å². The molecule has 0 nitrogen and oxygen atoms in total. The summed E-state index contributed by atoms with van der Waals surface area (Å²) in [6.45, 7) is 14.4. The molecule has 0 saturated heterocycles. The van der Waals surface area contributed by atoms with Crippen LogP contribution in [0.4, 0.5) is 0 Å². The van der Waals surface area contributed by atoms with Crippen molar-refractivity contribution in [1.82, 2.24) is 0 Å². The van der Waals surface area contributed by atoms with Gasteiger partial charge in [0.05, 0.1) is 16.1 Å². The number of hydrogen-bond acceptors (Lipinski definition) is 0. The van der Waals surface area contributed by atoms with Gasteiger partial charge in [-0.1, -0.05) is 196 Å². The van der Waals surface area contributed by atoms with E-state index < -0.39 is 16.1 Å². The van der Waals surface area contributed by atoms with E-state index in [9.17, 15) is 0 Å². The molecule has 0 heterocycles. The molecule has 0 aliphatic heterocycles. The minimum Gasteiger partial charge on any atom is -1.00 e. The van der Waals surface area contributed by atoms with Crippen LogP contribution in [0.5, 0.6) is 0 Å². The van der Waals surface area contributed by atoms with Gasteiger partial charge in [-0.25, -0.2) is 0 Å². The van der Waals surface area contributed by atoms with Crippen molar-refractivity contribution in [3.63, 3.8) is 0 Å². The predicted octanol–water partition coefficient (Wildman–Crippen LogP) is 3.02. The Morgan fingerprint density at radius 2 is 1.10 bits per heavy atom. The molecular weight excluding hydrogens is 822 g/mol. The molecule has 0 radical (unpaired) electrons. The van der Waals surface area contributed by atoms with Crippen LogP contribution in [-0.4, -0.2) is 16.1 Å². The van der Waals surface area contributed by atoms with Crippen LogP contribution in [0.2, 0.25) is 36.3 Å². The van der Waals surface area contributed by atoms with Gasteiger partial charge in [0.2, 0.25) is 0 Å². The number of allylic oxidation sites excluding steroid dienone is 4. The van der Waals surface area contributed by atoms with Gasteiger partial charge in [0.1, 0.15) is 0 Å². The largest absolute Gasteiger partial charge is 1.00 e. The Morgan fingerprint density at radius 1 is 0.604 bits per heavy atom. The zero-order valence-electron chi connectivity index (χ0n) is 29.5. The second-order valence-corrected chi connectivity index (χ2v) is 23.6. The van der Waals surface area contributed by atoms with Crippen LogP contribution >= 0.6 is 0 Å². The Hall–Kier alpha value is -2.02. The summed E-state index contributed by atoms with van der Waals surface area (Å²) < 4.78 is 0. The molecule has 0 bridgehead atoms. The van der Waals surface area contributed by atoms with Crippen LogP contribution in [0.25, 0.3) is 17.2 Å². The van der Waals surface area contributed by atoms with Gasteiger partial charge < -0.3 is 24.8 Å². The van der Waals surface area contributed by atoms with E-state index in [0.717, 1.165) is 6.42 Å². The number of rotatable bonds is 11. The Kier molecular flexibility index (Phi) is 14.5. The second kappa shape index (κ2) is 17.3. The quantitative estimate of drug-likeness (QED) is 0.142. The zero-order valence-corrected chi connectivity index (χ0v) is 36.6. The molecule has 2 aliphatic carbocycles. The van der Waals surface area contributed by atoms with Gasteiger partial charge in [0, 0.05) is 25.8 Å². The summed E-state index contributed by atoms with van der Waals surface area (Å²) in [5, 5.41) is 8.32. The van der Waals surface area contributed by atoms with Crippen LogP contribution in [0.15, 0.2) is 103 Å². The molecule has 5 heteroatoms. The van der Waals surface area contributed by atoms with E-state index in [0.29, 0.717) is 0 Å². The summed E-state index contributed by atoms with van der Waals surface area (Å²) in [6.07, 6.45) is 11.6.